The number of benzene rings is 1. The van der Waals surface area contributed by atoms with Gasteiger partial charge in [-0.1, -0.05) is 36.4 Å². The van der Waals surface area contributed by atoms with Crippen molar-refractivity contribution in [2.45, 2.75) is 44.8 Å². The van der Waals surface area contributed by atoms with Crippen LogP contribution in [-0.2, 0) is 13.1 Å². The number of guanidine groups is 1. The molecule has 2 aliphatic rings. The van der Waals surface area contributed by atoms with Gasteiger partial charge in [0, 0.05) is 52.0 Å². The Morgan fingerprint density at radius 2 is 1.81 bits per heavy atom. The van der Waals surface area contributed by atoms with Gasteiger partial charge in [-0.25, -0.2) is 4.98 Å². The van der Waals surface area contributed by atoms with Gasteiger partial charge in [0.1, 0.15) is 5.82 Å². The molecule has 7 heteroatoms. The number of anilines is 1. The maximum Gasteiger partial charge on any atom is 0.191 e. The van der Waals surface area contributed by atoms with Gasteiger partial charge in [-0.15, -0.1) is 24.0 Å². The molecule has 0 saturated carbocycles. The fourth-order valence-corrected chi connectivity index (χ4v) is 4.43. The average Bonchev–Trinajstić information content (AvgIpc) is 3.48. The van der Waals surface area contributed by atoms with Gasteiger partial charge in [0.05, 0.1) is 0 Å². The molecule has 2 N–H and O–H groups in total. The molecular formula is C24H35IN6. The van der Waals surface area contributed by atoms with E-state index in [-0.39, 0.29) is 24.0 Å². The third-order valence-electron chi connectivity index (χ3n) is 6.16. The number of rotatable bonds is 7. The zero-order valence-corrected chi connectivity index (χ0v) is 20.8. The quantitative estimate of drug-likeness (QED) is 0.323. The molecule has 0 amide bonds. The summed E-state index contributed by atoms with van der Waals surface area (Å²) in [6.45, 7) is 6.09. The van der Waals surface area contributed by atoms with Gasteiger partial charge in [0.25, 0.3) is 0 Å². The predicted octanol–water partition coefficient (Wildman–Crippen LogP) is 3.63. The van der Waals surface area contributed by atoms with Crippen molar-refractivity contribution in [3.05, 3.63) is 59.8 Å². The van der Waals surface area contributed by atoms with E-state index in [9.17, 15) is 0 Å². The lowest BCUT2D eigenvalue weighted by Crippen LogP contribution is -2.44. The lowest BCUT2D eigenvalue weighted by Gasteiger charge is -2.25. The molecular weight excluding hydrogens is 499 g/mol. The molecule has 2 fully saturated rings. The second-order valence-corrected chi connectivity index (χ2v) is 8.28. The lowest BCUT2D eigenvalue weighted by atomic mass is 10.2. The molecule has 0 aliphatic carbocycles. The number of aromatic nitrogens is 1. The molecule has 1 aromatic heterocycles. The van der Waals surface area contributed by atoms with Crippen molar-refractivity contribution in [2.24, 2.45) is 4.99 Å². The Bertz CT molecular complexity index is 805. The fourth-order valence-electron chi connectivity index (χ4n) is 4.43. The first-order chi connectivity index (χ1) is 14.8. The minimum Gasteiger partial charge on any atom is -0.357 e. The van der Waals surface area contributed by atoms with Crippen LogP contribution >= 0.6 is 24.0 Å². The van der Waals surface area contributed by atoms with Crippen molar-refractivity contribution in [3.63, 3.8) is 0 Å². The second-order valence-electron chi connectivity index (χ2n) is 8.28. The number of nitrogens with one attached hydrogen (secondary N) is 2. The average molecular weight is 534 g/mol. The van der Waals surface area contributed by atoms with E-state index in [1.54, 1.807) is 0 Å². The maximum absolute atomic E-state index is 4.64. The van der Waals surface area contributed by atoms with Crippen molar-refractivity contribution in [1.82, 2.24) is 20.5 Å². The molecule has 3 heterocycles. The van der Waals surface area contributed by atoms with Gasteiger partial charge in [-0.2, -0.15) is 0 Å². The van der Waals surface area contributed by atoms with E-state index < -0.39 is 0 Å². The molecule has 1 atom stereocenters. The summed E-state index contributed by atoms with van der Waals surface area (Å²) in [5.74, 6) is 1.95. The number of nitrogens with zero attached hydrogens (tertiary/aromatic N) is 4. The number of hydrogen-bond acceptors (Lipinski definition) is 4. The highest BCUT2D eigenvalue weighted by Gasteiger charge is 2.24. The van der Waals surface area contributed by atoms with Crippen LogP contribution in [0.5, 0.6) is 0 Å². The molecule has 31 heavy (non-hydrogen) atoms. The maximum atomic E-state index is 4.64. The fraction of sp³-hybridized carbons (Fsp3) is 0.500. The third-order valence-corrected chi connectivity index (χ3v) is 6.16. The SMILES string of the molecule is CN=C(NCc1ccc(N2CCCC2)nc1)NCC1CCCN1Cc1ccccc1.I. The topological polar surface area (TPSA) is 55.8 Å². The van der Waals surface area contributed by atoms with Gasteiger partial charge in [0.2, 0.25) is 0 Å². The zero-order chi connectivity index (χ0) is 20.6. The summed E-state index contributed by atoms with van der Waals surface area (Å²) >= 11 is 0. The standard InChI is InChI=1S/C24H34N6.HI/c1-25-24(27-17-21-11-12-23(26-16-21)29-13-5-6-14-29)28-18-22-10-7-15-30(22)19-20-8-3-2-4-9-20;/h2-4,8-9,11-12,16,22H,5-7,10,13-15,17-19H2,1H3,(H2,25,27,28);1H. The molecule has 6 nitrogen and oxygen atoms in total. The first-order valence-corrected chi connectivity index (χ1v) is 11.2. The summed E-state index contributed by atoms with van der Waals surface area (Å²) in [7, 11) is 1.83. The van der Waals surface area contributed by atoms with Crippen molar-refractivity contribution >= 4 is 35.8 Å². The molecule has 2 aromatic rings. The number of likely N-dealkylation sites (tertiary alicyclic amines) is 1. The highest BCUT2D eigenvalue weighted by atomic mass is 127. The highest BCUT2D eigenvalue weighted by Crippen LogP contribution is 2.20. The first-order valence-electron chi connectivity index (χ1n) is 11.2. The largest absolute Gasteiger partial charge is 0.357 e. The predicted molar refractivity (Wildman–Crippen MR) is 139 cm³/mol. The molecule has 168 valence electrons. The van der Waals surface area contributed by atoms with E-state index in [1.165, 1.54) is 43.4 Å². The molecule has 0 bridgehead atoms. The van der Waals surface area contributed by atoms with Crippen LogP contribution in [0.3, 0.4) is 0 Å². The van der Waals surface area contributed by atoms with Gasteiger partial charge in [-0.05, 0) is 49.4 Å². The minimum atomic E-state index is 0. The summed E-state index contributed by atoms with van der Waals surface area (Å²) in [6, 6.07) is 15.6. The van der Waals surface area contributed by atoms with Crippen LogP contribution in [0.2, 0.25) is 0 Å². The molecule has 4 rings (SSSR count). The summed E-state index contributed by atoms with van der Waals surface area (Å²) in [4.78, 5) is 14.0. The van der Waals surface area contributed by atoms with Gasteiger partial charge < -0.3 is 15.5 Å². The summed E-state index contributed by atoms with van der Waals surface area (Å²) in [5.41, 5.74) is 2.56. The van der Waals surface area contributed by atoms with Crippen LogP contribution in [0, 0.1) is 0 Å². The Labute approximate surface area is 203 Å². The Hall–Kier alpha value is -1.87. The third kappa shape index (κ3) is 6.80. The van der Waals surface area contributed by atoms with Crippen LogP contribution in [0.25, 0.3) is 0 Å². The lowest BCUT2D eigenvalue weighted by molar-refractivity contribution is 0.245. The zero-order valence-electron chi connectivity index (χ0n) is 18.5. The van der Waals surface area contributed by atoms with E-state index in [0.29, 0.717) is 6.04 Å². The Balaban J connectivity index is 0.00000272. The smallest absolute Gasteiger partial charge is 0.191 e. The number of hydrogen-bond donors (Lipinski definition) is 2. The number of aliphatic imine (C=N–C) groups is 1. The van der Waals surface area contributed by atoms with Crippen molar-refractivity contribution < 1.29 is 0 Å². The Morgan fingerprint density at radius 3 is 2.52 bits per heavy atom. The normalized spacial score (nSPS) is 19.3. The van der Waals surface area contributed by atoms with Crippen molar-refractivity contribution in [2.75, 3.05) is 38.1 Å². The Kier molecular flexibility index (Phi) is 9.39. The van der Waals surface area contributed by atoms with E-state index in [2.05, 4.69) is 72.9 Å². The molecule has 2 saturated heterocycles. The number of halogens is 1. The highest BCUT2D eigenvalue weighted by molar-refractivity contribution is 14.0. The molecule has 2 aliphatic heterocycles. The van der Waals surface area contributed by atoms with Gasteiger partial charge in [0.15, 0.2) is 5.96 Å². The molecule has 1 unspecified atom stereocenters. The van der Waals surface area contributed by atoms with Crippen LogP contribution in [0.4, 0.5) is 5.82 Å². The van der Waals surface area contributed by atoms with Gasteiger partial charge >= 0.3 is 0 Å². The second kappa shape index (κ2) is 12.2. The van der Waals surface area contributed by atoms with Crippen molar-refractivity contribution in [1.29, 1.82) is 0 Å². The monoisotopic (exact) mass is 534 g/mol. The van der Waals surface area contributed by atoms with Crippen molar-refractivity contribution in [3.8, 4) is 0 Å². The van der Waals surface area contributed by atoms with E-state index >= 15 is 0 Å². The summed E-state index contributed by atoms with van der Waals surface area (Å²) < 4.78 is 0. The Morgan fingerprint density at radius 1 is 1.00 bits per heavy atom. The van der Waals surface area contributed by atoms with Crippen LogP contribution in [0.15, 0.2) is 53.7 Å². The van der Waals surface area contributed by atoms with E-state index in [4.69, 9.17) is 0 Å². The van der Waals surface area contributed by atoms with Gasteiger partial charge in [-0.3, -0.25) is 9.89 Å². The number of pyridine rings is 1. The molecule has 1 aromatic carbocycles. The van der Waals surface area contributed by atoms with Crippen LogP contribution in [0.1, 0.15) is 36.8 Å². The van der Waals surface area contributed by atoms with Crippen LogP contribution < -0.4 is 15.5 Å². The summed E-state index contributed by atoms with van der Waals surface area (Å²) in [5, 5.41) is 6.95. The van der Waals surface area contributed by atoms with E-state index in [1.807, 2.05) is 13.2 Å². The molecule has 0 radical (unpaired) electrons. The minimum absolute atomic E-state index is 0. The summed E-state index contributed by atoms with van der Waals surface area (Å²) in [6.07, 6.45) is 7.03. The first kappa shape index (κ1) is 23.8. The van der Waals surface area contributed by atoms with E-state index in [0.717, 1.165) is 44.5 Å². The van der Waals surface area contributed by atoms with Crippen LogP contribution in [-0.4, -0.2) is 55.1 Å². The molecule has 0 spiro atoms.